The second kappa shape index (κ2) is 5.40. The zero-order valence-electron chi connectivity index (χ0n) is 11.9. The number of aliphatic hydroxyl groups is 1. The minimum Gasteiger partial charge on any atom is -0.390 e. The number of rotatable bonds is 2. The van der Waals surface area contributed by atoms with Gasteiger partial charge >= 0.3 is 6.18 Å². The lowest BCUT2D eigenvalue weighted by atomic mass is 9.75. The quantitative estimate of drug-likeness (QED) is 0.858. The molecule has 1 saturated carbocycles. The van der Waals surface area contributed by atoms with Crippen molar-refractivity contribution in [2.45, 2.75) is 57.7 Å². The fraction of sp³-hybridized carbons (Fsp3) is 0.625. The normalized spacial score (nSPS) is 27.6. The Morgan fingerprint density at radius 1 is 1.10 bits per heavy atom. The third-order valence-electron chi connectivity index (χ3n) is 4.19. The molecule has 0 spiro atoms. The van der Waals surface area contributed by atoms with E-state index in [1.807, 2.05) is 32.0 Å². The Morgan fingerprint density at radius 3 is 2.05 bits per heavy atom. The van der Waals surface area contributed by atoms with Crippen molar-refractivity contribution in [3.63, 3.8) is 0 Å². The fourth-order valence-electron chi connectivity index (χ4n) is 3.21. The topological polar surface area (TPSA) is 20.2 Å². The summed E-state index contributed by atoms with van der Waals surface area (Å²) in [5.74, 6) is -1.25. The van der Waals surface area contributed by atoms with E-state index in [0.29, 0.717) is 6.42 Å². The first-order valence-electron chi connectivity index (χ1n) is 7.04. The van der Waals surface area contributed by atoms with Crippen molar-refractivity contribution in [2.75, 3.05) is 0 Å². The molecule has 0 unspecified atom stereocenters. The predicted octanol–water partition coefficient (Wildman–Crippen LogP) is 4.33. The smallest absolute Gasteiger partial charge is 0.390 e. The van der Waals surface area contributed by atoms with Gasteiger partial charge in [0, 0.05) is 6.42 Å². The minimum absolute atomic E-state index is 0.0325. The maximum Gasteiger partial charge on any atom is 0.391 e. The van der Waals surface area contributed by atoms with Crippen molar-refractivity contribution in [1.29, 1.82) is 0 Å². The molecular formula is C16H21F3O. The van der Waals surface area contributed by atoms with Crippen LogP contribution in [0.5, 0.6) is 0 Å². The summed E-state index contributed by atoms with van der Waals surface area (Å²) in [6.45, 7) is 3.97. The molecule has 1 fully saturated rings. The standard InChI is InChI=1S/C16H21F3O/c1-11-7-12(2)9-13(8-11)10-15(20)5-3-14(4-6-15)16(17,18)19/h7-9,14,20H,3-6,10H2,1-2H3. The van der Waals surface area contributed by atoms with Crippen LogP contribution in [0.25, 0.3) is 0 Å². The van der Waals surface area contributed by atoms with E-state index in [4.69, 9.17) is 0 Å². The van der Waals surface area contributed by atoms with Crippen molar-refractivity contribution in [3.8, 4) is 0 Å². The van der Waals surface area contributed by atoms with Crippen molar-refractivity contribution in [2.24, 2.45) is 5.92 Å². The zero-order valence-corrected chi connectivity index (χ0v) is 11.9. The van der Waals surface area contributed by atoms with Crippen molar-refractivity contribution in [1.82, 2.24) is 0 Å². The van der Waals surface area contributed by atoms with Crippen LogP contribution in [0.15, 0.2) is 18.2 Å². The van der Waals surface area contributed by atoms with Gasteiger partial charge < -0.3 is 5.11 Å². The Hall–Kier alpha value is -1.03. The van der Waals surface area contributed by atoms with Gasteiger partial charge in [-0.15, -0.1) is 0 Å². The zero-order chi connectivity index (χ0) is 15.0. The fourth-order valence-corrected chi connectivity index (χ4v) is 3.21. The van der Waals surface area contributed by atoms with Crippen LogP contribution in [0.3, 0.4) is 0 Å². The highest BCUT2D eigenvalue weighted by molar-refractivity contribution is 5.29. The minimum atomic E-state index is -4.12. The molecule has 1 nitrogen and oxygen atoms in total. The van der Waals surface area contributed by atoms with E-state index < -0.39 is 17.7 Å². The third-order valence-corrected chi connectivity index (χ3v) is 4.19. The van der Waals surface area contributed by atoms with Gasteiger partial charge in [0.05, 0.1) is 11.5 Å². The van der Waals surface area contributed by atoms with Crippen LogP contribution in [0.1, 0.15) is 42.4 Å². The first-order valence-corrected chi connectivity index (χ1v) is 7.04. The Morgan fingerprint density at radius 2 is 1.60 bits per heavy atom. The Balaban J connectivity index is 2.03. The molecule has 4 heteroatoms. The highest BCUT2D eigenvalue weighted by Crippen LogP contribution is 2.42. The molecule has 0 aliphatic heterocycles. The number of halogens is 3. The molecule has 0 atom stereocenters. The molecule has 0 heterocycles. The van der Waals surface area contributed by atoms with Crippen LogP contribution < -0.4 is 0 Å². The van der Waals surface area contributed by atoms with Gasteiger partial charge in [-0.3, -0.25) is 0 Å². The molecule has 1 aliphatic rings. The summed E-state index contributed by atoms with van der Waals surface area (Å²) >= 11 is 0. The van der Waals surface area contributed by atoms with Gasteiger partial charge in [-0.25, -0.2) is 0 Å². The van der Waals surface area contributed by atoms with E-state index in [9.17, 15) is 18.3 Å². The maximum atomic E-state index is 12.6. The predicted molar refractivity (Wildman–Crippen MR) is 72.6 cm³/mol. The second-order valence-corrected chi connectivity index (χ2v) is 6.21. The van der Waals surface area contributed by atoms with Crippen LogP contribution in [-0.2, 0) is 6.42 Å². The largest absolute Gasteiger partial charge is 0.391 e. The van der Waals surface area contributed by atoms with Crippen molar-refractivity contribution < 1.29 is 18.3 Å². The van der Waals surface area contributed by atoms with Gasteiger partial charge in [0.2, 0.25) is 0 Å². The van der Waals surface area contributed by atoms with E-state index in [0.717, 1.165) is 16.7 Å². The highest BCUT2D eigenvalue weighted by atomic mass is 19.4. The summed E-state index contributed by atoms with van der Waals surface area (Å²) in [6, 6.07) is 6.05. The summed E-state index contributed by atoms with van der Waals surface area (Å²) in [4.78, 5) is 0. The third kappa shape index (κ3) is 3.75. The van der Waals surface area contributed by atoms with Gasteiger partial charge in [0.15, 0.2) is 0 Å². The first-order chi connectivity index (χ1) is 9.18. The number of benzene rings is 1. The maximum absolute atomic E-state index is 12.6. The second-order valence-electron chi connectivity index (χ2n) is 6.21. The molecule has 1 N–H and O–H groups in total. The van der Waals surface area contributed by atoms with E-state index in [-0.39, 0.29) is 25.7 Å². The molecule has 2 rings (SSSR count). The lowest BCUT2D eigenvalue weighted by molar-refractivity contribution is -0.192. The van der Waals surface area contributed by atoms with E-state index in [1.54, 1.807) is 0 Å². The molecule has 1 aromatic carbocycles. The number of hydrogen-bond donors (Lipinski definition) is 1. The van der Waals surface area contributed by atoms with Crippen LogP contribution in [0.4, 0.5) is 13.2 Å². The average Bonchev–Trinajstić information content (AvgIpc) is 2.25. The van der Waals surface area contributed by atoms with Gasteiger partial charge in [0.25, 0.3) is 0 Å². The molecule has 1 aromatic rings. The summed E-state index contributed by atoms with van der Waals surface area (Å²) < 4.78 is 37.9. The molecule has 0 aromatic heterocycles. The van der Waals surface area contributed by atoms with Crippen molar-refractivity contribution in [3.05, 3.63) is 34.9 Å². The van der Waals surface area contributed by atoms with Crippen LogP contribution >= 0.6 is 0 Å². The number of alkyl halides is 3. The van der Waals surface area contributed by atoms with Crippen LogP contribution in [0, 0.1) is 19.8 Å². The Bertz CT molecular complexity index is 451. The SMILES string of the molecule is Cc1cc(C)cc(CC2(O)CCC(C(F)(F)F)CC2)c1. The molecule has 0 radical (unpaired) electrons. The van der Waals surface area contributed by atoms with E-state index >= 15 is 0 Å². The number of hydrogen-bond acceptors (Lipinski definition) is 1. The van der Waals surface area contributed by atoms with Gasteiger partial charge in [-0.05, 0) is 45.1 Å². The molecule has 0 amide bonds. The van der Waals surface area contributed by atoms with Crippen LogP contribution in [0.2, 0.25) is 0 Å². The lowest BCUT2D eigenvalue weighted by Gasteiger charge is -2.37. The summed E-state index contributed by atoms with van der Waals surface area (Å²) in [5.41, 5.74) is 2.26. The molecular weight excluding hydrogens is 265 g/mol. The molecule has 112 valence electrons. The average molecular weight is 286 g/mol. The summed E-state index contributed by atoms with van der Waals surface area (Å²) in [5, 5.41) is 10.5. The molecule has 0 bridgehead atoms. The van der Waals surface area contributed by atoms with Gasteiger partial charge in [-0.1, -0.05) is 29.3 Å². The Labute approximate surface area is 117 Å². The number of aryl methyl sites for hydroxylation is 2. The lowest BCUT2D eigenvalue weighted by Crippen LogP contribution is -2.39. The van der Waals surface area contributed by atoms with Gasteiger partial charge in [0.1, 0.15) is 0 Å². The summed E-state index contributed by atoms with van der Waals surface area (Å²) in [7, 11) is 0. The highest BCUT2D eigenvalue weighted by Gasteiger charge is 2.45. The molecule has 20 heavy (non-hydrogen) atoms. The van der Waals surface area contributed by atoms with E-state index in [1.165, 1.54) is 0 Å². The monoisotopic (exact) mass is 286 g/mol. The van der Waals surface area contributed by atoms with Crippen LogP contribution in [-0.4, -0.2) is 16.9 Å². The van der Waals surface area contributed by atoms with E-state index in [2.05, 4.69) is 0 Å². The molecule has 1 aliphatic carbocycles. The van der Waals surface area contributed by atoms with Gasteiger partial charge in [-0.2, -0.15) is 13.2 Å². The summed E-state index contributed by atoms with van der Waals surface area (Å²) in [6.07, 6.45) is -3.16. The Kier molecular flexibility index (Phi) is 4.14. The molecule has 0 saturated heterocycles. The van der Waals surface area contributed by atoms with Crippen molar-refractivity contribution >= 4 is 0 Å². The first kappa shape index (κ1) is 15.4.